The Morgan fingerprint density at radius 3 is 2.25 bits per heavy atom. The third-order valence-corrected chi connectivity index (χ3v) is 4.72. The van der Waals surface area contributed by atoms with Crippen molar-refractivity contribution < 1.29 is 9.90 Å². The summed E-state index contributed by atoms with van der Waals surface area (Å²) in [6.45, 7) is 9.32. The minimum atomic E-state index is 0. The van der Waals surface area contributed by atoms with Crippen LogP contribution in [0.3, 0.4) is 0 Å². The summed E-state index contributed by atoms with van der Waals surface area (Å²) in [7, 11) is 0. The number of aliphatic imine (C=N–C) groups is 1. The largest absolute Gasteiger partial charge is 0.396 e. The molecule has 1 amide bonds. The molecule has 142 valence electrons. The number of carbonyl (C=O) groups is 1. The summed E-state index contributed by atoms with van der Waals surface area (Å²) in [6.07, 6.45) is 4.85. The second-order valence-corrected chi connectivity index (χ2v) is 6.37. The fourth-order valence-corrected chi connectivity index (χ4v) is 2.59. The van der Waals surface area contributed by atoms with Crippen LogP contribution in [-0.2, 0) is 4.79 Å². The van der Waals surface area contributed by atoms with Gasteiger partial charge in [0, 0.05) is 38.7 Å². The molecule has 0 aromatic rings. The van der Waals surface area contributed by atoms with Crippen molar-refractivity contribution in [3.8, 4) is 0 Å². The predicted octanol–water partition coefficient (Wildman–Crippen LogP) is 1.87. The van der Waals surface area contributed by atoms with Crippen LogP contribution in [0.15, 0.2) is 4.99 Å². The van der Waals surface area contributed by atoms with Gasteiger partial charge in [-0.1, -0.05) is 13.8 Å². The number of hydrogen-bond donors (Lipinski definition) is 4. The van der Waals surface area contributed by atoms with Gasteiger partial charge >= 0.3 is 0 Å². The molecule has 0 radical (unpaired) electrons. The number of halogens is 1. The third kappa shape index (κ3) is 8.50. The SMILES string of the molecule is CCNC(=NCC(CC)(CC)CCO)NCCNC(=O)C1CC1.I. The molecule has 0 atom stereocenters. The van der Waals surface area contributed by atoms with Crippen LogP contribution in [-0.4, -0.2) is 49.8 Å². The van der Waals surface area contributed by atoms with Crippen molar-refractivity contribution >= 4 is 35.8 Å². The molecule has 0 heterocycles. The first kappa shape index (κ1) is 23.4. The minimum Gasteiger partial charge on any atom is -0.396 e. The molecule has 6 nitrogen and oxygen atoms in total. The van der Waals surface area contributed by atoms with Gasteiger partial charge in [0.05, 0.1) is 0 Å². The second kappa shape index (κ2) is 12.7. The molecule has 1 aliphatic rings. The zero-order chi connectivity index (χ0) is 17.1. The Kier molecular flexibility index (Phi) is 12.4. The highest BCUT2D eigenvalue weighted by molar-refractivity contribution is 14.0. The van der Waals surface area contributed by atoms with E-state index in [4.69, 9.17) is 0 Å². The van der Waals surface area contributed by atoms with Gasteiger partial charge in [0.1, 0.15) is 0 Å². The van der Waals surface area contributed by atoms with E-state index in [1.807, 2.05) is 6.92 Å². The molecule has 0 aliphatic heterocycles. The van der Waals surface area contributed by atoms with Gasteiger partial charge in [-0.2, -0.15) is 0 Å². The Hall–Kier alpha value is -0.570. The highest BCUT2D eigenvalue weighted by atomic mass is 127. The number of carbonyl (C=O) groups excluding carboxylic acids is 1. The Labute approximate surface area is 163 Å². The van der Waals surface area contributed by atoms with E-state index in [0.29, 0.717) is 19.6 Å². The van der Waals surface area contributed by atoms with E-state index in [0.717, 1.165) is 44.6 Å². The highest BCUT2D eigenvalue weighted by Crippen LogP contribution is 2.30. The number of amides is 1. The number of hydrogen-bond acceptors (Lipinski definition) is 3. The van der Waals surface area contributed by atoms with Crippen LogP contribution in [0.1, 0.15) is 52.9 Å². The molecular formula is C17H35IN4O2. The summed E-state index contributed by atoms with van der Waals surface area (Å²) < 4.78 is 0. The maximum Gasteiger partial charge on any atom is 0.223 e. The van der Waals surface area contributed by atoms with Crippen molar-refractivity contribution in [3.05, 3.63) is 0 Å². The van der Waals surface area contributed by atoms with E-state index in [9.17, 15) is 9.90 Å². The first-order valence-electron chi connectivity index (χ1n) is 9.01. The quantitative estimate of drug-likeness (QED) is 0.166. The van der Waals surface area contributed by atoms with Crippen molar-refractivity contribution in [1.29, 1.82) is 0 Å². The van der Waals surface area contributed by atoms with Gasteiger partial charge < -0.3 is 21.1 Å². The number of nitrogens with zero attached hydrogens (tertiary/aromatic N) is 1. The van der Waals surface area contributed by atoms with E-state index < -0.39 is 0 Å². The van der Waals surface area contributed by atoms with Crippen LogP contribution in [0.4, 0.5) is 0 Å². The number of rotatable bonds is 11. The van der Waals surface area contributed by atoms with Crippen LogP contribution >= 0.6 is 24.0 Å². The van der Waals surface area contributed by atoms with Crippen LogP contribution in [0, 0.1) is 11.3 Å². The minimum absolute atomic E-state index is 0. The first-order chi connectivity index (χ1) is 11.1. The number of aliphatic hydroxyl groups is 1. The molecule has 1 saturated carbocycles. The lowest BCUT2D eigenvalue weighted by Crippen LogP contribution is -2.42. The maximum atomic E-state index is 11.6. The monoisotopic (exact) mass is 454 g/mol. The molecule has 0 bridgehead atoms. The molecule has 0 spiro atoms. The van der Waals surface area contributed by atoms with Crippen LogP contribution in [0.5, 0.6) is 0 Å². The average Bonchev–Trinajstić information content (AvgIpc) is 3.40. The van der Waals surface area contributed by atoms with Gasteiger partial charge in [-0.3, -0.25) is 9.79 Å². The number of aliphatic hydroxyl groups excluding tert-OH is 1. The van der Waals surface area contributed by atoms with E-state index in [1.165, 1.54) is 0 Å². The molecule has 4 N–H and O–H groups in total. The molecule has 0 unspecified atom stereocenters. The van der Waals surface area contributed by atoms with Gasteiger partial charge in [0.25, 0.3) is 0 Å². The fourth-order valence-electron chi connectivity index (χ4n) is 2.59. The summed E-state index contributed by atoms with van der Waals surface area (Å²) in [4.78, 5) is 16.3. The van der Waals surface area contributed by atoms with Crippen molar-refractivity contribution in [2.45, 2.75) is 52.9 Å². The molecule has 7 heteroatoms. The predicted molar refractivity (Wildman–Crippen MR) is 110 cm³/mol. The Morgan fingerprint density at radius 2 is 1.75 bits per heavy atom. The molecule has 0 aromatic carbocycles. The van der Waals surface area contributed by atoms with E-state index in [-0.39, 0.29) is 47.8 Å². The Balaban J connectivity index is 0.00000529. The summed E-state index contributed by atoms with van der Waals surface area (Å²) >= 11 is 0. The average molecular weight is 454 g/mol. The van der Waals surface area contributed by atoms with Gasteiger partial charge in [0.15, 0.2) is 5.96 Å². The molecule has 1 aliphatic carbocycles. The lowest BCUT2D eigenvalue weighted by Gasteiger charge is -2.29. The summed E-state index contributed by atoms with van der Waals surface area (Å²) in [6, 6.07) is 0. The molecule has 1 fully saturated rings. The molecule has 24 heavy (non-hydrogen) atoms. The smallest absolute Gasteiger partial charge is 0.223 e. The van der Waals surface area contributed by atoms with Crippen molar-refractivity contribution in [2.24, 2.45) is 16.3 Å². The third-order valence-electron chi connectivity index (χ3n) is 4.72. The van der Waals surface area contributed by atoms with Gasteiger partial charge in [-0.05, 0) is 44.4 Å². The van der Waals surface area contributed by atoms with Gasteiger partial charge in [-0.15, -0.1) is 24.0 Å². The zero-order valence-electron chi connectivity index (χ0n) is 15.4. The van der Waals surface area contributed by atoms with Crippen LogP contribution in [0.2, 0.25) is 0 Å². The summed E-state index contributed by atoms with van der Waals surface area (Å²) in [5.41, 5.74) is 0.0668. The van der Waals surface area contributed by atoms with E-state index in [2.05, 4.69) is 34.8 Å². The lowest BCUT2D eigenvalue weighted by molar-refractivity contribution is -0.122. The second-order valence-electron chi connectivity index (χ2n) is 6.37. The summed E-state index contributed by atoms with van der Waals surface area (Å²) in [5, 5.41) is 18.7. The van der Waals surface area contributed by atoms with E-state index in [1.54, 1.807) is 0 Å². The lowest BCUT2D eigenvalue weighted by atomic mass is 9.79. The fraction of sp³-hybridized carbons (Fsp3) is 0.882. The Morgan fingerprint density at radius 1 is 1.12 bits per heavy atom. The first-order valence-corrected chi connectivity index (χ1v) is 9.01. The van der Waals surface area contributed by atoms with Crippen molar-refractivity contribution in [2.75, 3.05) is 32.8 Å². The summed E-state index contributed by atoms with van der Waals surface area (Å²) in [5.74, 6) is 1.20. The van der Waals surface area contributed by atoms with Gasteiger partial charge in [-0.25, -0.2) is 0 Å². The standard InChI is InChI=1S/C17H34N4O2.HI/c1-4-17(5-2,9-12-22)13-21-16(18-6-3)20-11-10-19-15(23)14-7-8-14;/h14,22H,4-13H2,1-3H3,(H,19,23)(H2,18,20,21);1H. The normalized spacial score (nSPS) is 14.8. The topological polar surface area (TPSA) is 85.8 Å². The highest BCUT2D eigenvalue weighted by Gasteiger charge is 2.29. The maximum absolute atomic E-state index is 11.6. The molecule has 1 rings (SSSR count). The molecular weight excluding hydrogens is 419 g/mol. The van der Waals surface area contributed by atoms with Crippen molar-refractivity contribution in [1.82, 2.24) is 16.0 Å². The molecule has 0 aromatic heterocycles. The zero-order valence-corrected chi connectivity index (χ0v) is 17.7. The van der Waals surface area contributed by atoms with Gasteiger partial charge in [0.2, 0.25) is 5.91 Å². The number of nitrogens with one attached hydrogen (secondary N) is 3. The van der Waals surface area contributed by atoms with Crippen LogP contribution in [0.25, 0.3) is 0 Å². The molecule has 0 saturated heterocycles. The Bertz CT molecular complexity index is 383. The number of guanidine groups is 1. The van der Waals surface area contributed by atoms with Crippen molar-refractivity contribution in [3.63, 3.8) is 0 Å². The van der Waals surface area contributed by atoms with E-state index >= 15 is 0 Å². The van der Waals surface area contributed by atoms with Crippen LogP contribution < -0.4 is 16.0 Å².